The van der Waals surface area contributed by atoms with E-state index in [-0.39, 0.29) is 0 Å². The molecule has 0 bridgehead atoms. The van der Waals surface area contributed by atoms with Gasteiger partial charge in [0, 0.05) is 36.0 Å². The number of pyridine rings is 1. The Bertz CT molecular complexity index is 566. The third-order valence-corrected chi connectivity index (χ3v) is 3.35. The number of hydrogen-bond donors (Lipinski definition) is 1. The van der Waals surface area contributed by atoms with Gasteiger partial charge in [0.15, 0.2) is 0 Å². The van der Waals surface area contributed by atoms with Crippen LogP contribution in [0.3, 0.4) is 0 Å². The van der Waals surface area contributed by atoms with Crippen LogP contribution in [0.15, 0.2) is 24.3 Å². The number of nitrogens with zero attached hydrogens (tertiary/aromatic N) is 1. The van der Waals surface area contributed by atoms with Gasteiger partial charge in [0.25, 0.3) is 0 Å². The number of anilines is 1. The Kier molecular flexibility index (Phi) is 5.36. The Morgan fingerprint density at radius 2 is 2.05 bits per heavy atom. The van der Waals surface area contributed by atoms with Crippen molar-refractivity contribution in [3.05, 3.63) is 35.5 Å². The van der Waals surface area contributed by atoms with E-state index in [0.717, 1.165) is 42.6 Å². The first-order valence-electron chi connectivity index (χ1n) is 7.44. The molecule has 1 aromatic carbocycles. The summed E-state index contributed by atoms with van der Waals surface area (Å²) in [5.74, 6) is 0. The molecule has 2 rings (SSSR count). The Morgan fingerprint density at radius 1 is 1.20 bits per heavy atom. The van der Waals surface area contributed by atoms with Gasteiger partial charge in [0.05, 0.1) is 12.1 Å². The number of para-hydroxylation sites is 1. The highest BCUT2D eigenvalue weighted by molar-refractivity contribution is 5.93. The highest BCUT2D eigenvalue weighted by atomic mass is 16.5. The minimum Gasteiger partial charge on any atom is -0.384 e. The van der Waals surface area contributed by atoms with Crippen LogP contribution in [0.25, 0.3) is 10.9 Å². The smallest absolute Gasteiger partial charge is 0.0781 e. The van der Waals surface area contributed by atoms with E-state index in [0.29, 0.717) is 6.61 Å². The van der Waals surface area contributed by atoms with Gasteiger partial charge in [-0.25, -0.2) is 0 Å². The largest absolute Gasteiger partial charge is 0.384 e. The number of methoxy groups -OCH3 is 1. The van der Waals surface area contributed by atoms with Crippen LogP contribution in [0, 0.1) is 0 Å². The zero-order valence-electron chi connectivity index (χ0n) is 12.7. The monoisotopic (exact) mass is 272 g/mol. The van der Waals surface area contributed by atoms with E-state index in [1.54, 1.807) is 7.11 Å². The van der Waals surface area contributed by atoms with E-state index in [1.807, 2.05) is 0 Å². The number of aryl methyl sites for hydroxylation is 1. The van der Waals surface area contributed by atoms with Gasteiger partial charge in [-0.3, -0.25) is 4.98 Å². The van der Waals surface area contributed by atoms with Crippen LogP contribution in [0.1, 0.15) is 37.9 Å². The number of nitrogens with one attached hydrogen (secondary N) is 1. The summed E-state index contributed by atoms with van der Waals surface area (Å²) in [5.41, 5.74) is 4.57. The Labute approximate surface area is 121 Å². The third-order valence-electron chi connectivity index (χ3n) is 3.35. The third kappa shape index (κ3) is 3.28. The van der Waals surface area contributed by atoms with Gasteiger partial charge in [0.2, 0.25) is 0 Å². The molecule has 1 N–H and O–H groups in total. The van der Waals surface area contributed by atoms with Crippen molar-refractivity contribution >= 4 is 16.6 Å². The highest BCUT2D eigenvalue weighted by Gasteiger charge is 2.09. The fourth-order valence-corrected chi connectivity index (χ4v) is 2.42. The maximum absolute atomic E-state index is 5.30. The van der Waals surface area contributed by atoms with Gasteiger partial charge in [-0.2, -0.15) is 0 Å². The molecule has 0 amide bonds. The van der Waals surface area contributed by atoms with Gasteiger partial charge in [-0.05, 0) is 18.9 Å². The Hall–Kier alpha value is -1.61. The van der Waals surface area contributed by atoms with Crippen LogP contribution < -0.4 is 5.32 Å². The lowest BCUT2D eigenvalue weighted by atomic mass is 10.1. The predicted molar refractivity (Wildman–Crippen MR) is 85.2 cm³/mol. The van der Waals surface area contributed by atoms with Crippen LogP contribution in [-0.2, 0) is 17.8 Å². The maximum atomic E-state index is 5.30. The SMILES string of the molecule is CCCNc1cc(CCC)nc2c(COC)cccc12. The molecule has 20 heavy (non-hydrogen) atoms. The lowest BCUT2D eigenvalue weighted by Gasteiger charge is -2.13. The number of ether oxygens (including phenoxy) is 1. The number of benzene rings is 1. The van der Waals surface area contributed by atoms with E-state index < -0.39 is 0 Å². The van der Waals surface area contributed by atoms with Gasteiger partial charge in [-0.1, -0.05) is 38.5 Å². The molecule has 0 aliphatic heterocycles. The number of hydrogen-bond acceptors (Lipinski definition) is 3. The first-order chi connectivity index (χ1) is 9.80. The van der Waals surface area contributed by atoms with Gasteiger partial charge in [0.1, 0.15) is 0 Å². The van der Waals surface area contributed by atoms with E-state index in [1.165, 1.54) is 11.1 Å². The van der Waals surface area contributed by atoms with Crippen LogP contribution in [0.5, 0.6) is 0 Å². The molecule has 2 aromatic rings. The van der Waals surface area contributed by atoms with Gasteiger partial charge < -0.3 is 10.1 Å². The quantitative estimate of drug-likeness (QED) is 0.822. The van der Waals surface area contributed by atoms with E-state index in [2.05, 4.69) is 43.4 Å². The minimum atomic E-state index is 0.604. The zero-order chi connectivity index (χ0) is 14.4. The maximum Gasteiger partial charge on any atom is 0.0781 e. The molecule has 3 nitrogen and oxygen atoms in total. The van der Waals surface area contributed by atoms with Crippen molar-refractivity contribution in [2.45, 2.75) is 39.7 Å². The Balaban J connectivity index is 2.54. The molecule has 0 saturated carbocycles. The van der Waals surface area contributed by atoms with E-state index in [9.17, 15) is 0 Å². The molecule has 0 atom stereocenters. The molecule has 0 radical (unpaired) electrons. The normalized spacial score (nSPS) is 10.9. The summed E-state index contributed by atoms with van der Waals surface area (Å²) in [6, 6.07) is 8.50. The summed E-state index contributed by atoms with van der Waals surface area (Å²) in [5, 5.41) is 4.71. The van der Waals surface area contributed by atoms with Gasteiger partial charge in [-0.15, -0.1) is 0 Å². The second-order valence-electron chi connectivity index (χ2n) is 5.08. The topological polar surface area (TPSA) is 34.2 Å². The van der Waals surface area contributed by atoms with Crippen molar-refractivity contribution in [1.29, 1.82) is 0 Å². The van der Waals surface area contributed by atoms with E-state index in [4.69, 9.17) is 9.72 Å². The fourth-order valence-electron chi connectivity index (χ4n) is 2.42. The molecule has 0 aliphatic rings. The summed E-state index contributed by atoms with van der Waals surface area (Å²) in [7, 11) is 1.73. The van der Waals surface area contributed by atoms with Crippen molar-refractivity contribution in [2.24, 2.45) is 0 Å². The molecule has 0 fully saturated rings. The minimum absolute atomic E-state index is 0.604. The summed E-state index contributed by atoms with van der Waals surface area (Å²) < 4.78 is 5.30. The molecule has 0 spiro atoms. The average molecular weight is 272 g/mol. The molecule has 1 heterocycles. The molecular weight excluding hydrogens is 248 g/mol. The van der Waals surface area contributed by atoms with Crippen molar-refractivity contribution in [1.82, 2.24) is 4.98 Å². The molecule has 0 unspecified atom stereocenters. The highest BCUT2D eigenvalue weighted by Crippen LogP contribution is 2.27. The molecule has 3 heteroatoms. The number of fused-ring (bicyclic) bond motifs is 1. The summed E-state index contributed by atoms with van der Waals surface area (Å²) >= 11 is 0. The molecule has 0 saturated heterocycles. The van der Waals surface area contributed by atoms with Crippen LogP contribution in [-0.4, -0.2) is 18.6 Å². The predicted octanol–water partition coefficient (Wildman–Crippen LogP) is 4.16. The number of rotatable bonds is 7. The fraction of sp³-hybridized carbons (Fsp3) is 0.471. The standard InChI is InChI=1S/C17H24N2O/c1-4-7-14-11-16(18-10-5-2)15-9-6-8-13(12-20-3)17(15)19-14/h6,8-9,11H,4-5,7,10,12H2,1-3H3,(H,18,19). The second kappa shape index (κ2) is 7.25. The van der Waals surface area contributed by atoms with Crippen LogP contribution in [0.4, 0.5) is 5.69 Å². The molecule has 108 valence electrons. The van der Waals surface area contributed by atoms with Gasteiger partial charge >= 0.3 is 0 Å². The zero-order valence-corrected chi connectivity index (χ0v) is 12.7. The lowest BCUT2D eigenvalue weighted by Crippen LogP contribution is -2.04. The Morgan fingerprint density at radius 3 is 2.75 bits per heavy atom. The first-order valence-corrected chi connectivity index (χ1v) is 7.44. The van der Waals surface area contributed by atoms with Crippen molar-refractivity contribution in [3.63, 3.8) is 0 Å². The lowest BCUT2D eigenvalue weighted by molar-refractivity contribution is 0.186. The average Bonchev–Trinajstić information content (AvgIpc) is 2.46. The molecular formula is C17H24N2O. The summed E-state index contributed by atoms with van der Waals surface area (Å²) in [4.78, 5) is 4.83. The second-order valence-corrected chi connectivity index (χ2v) is 5.08. The number of aromatic nitrogens is 1. The molecule has 1 aromatic heterocycles. The van der Waals surface area contributed by atoms with Crippen LogP contribution >= 0.6 is 0 Å². The summed E-state index contributed by atoms with van der Waals surface area (Å²) in [6.45, 7) is 5.96. The van der Waals surface area contributed by atoms with Crippen molar-refractivity contribution < 1.29 is 4.74 Å². The molecule has 0 aliphatic carbocycles. The van der Waals surface area contributed by atoms with Crippen molar-refractivity contribution in [2.75, 3.05) is 19.0 Å². The first kappa shape index (κ1) is 14.8. The van der Waals surface area contributed by atoms with E-state index >= 15 is 0 Å². The van der Waals surface area contributed by atoms with Crippen molar-refractivity contribution in [3.8, 4) is 0 Å². The summed E-state index contributed by atoms with van der Waals surface area (Å²) in [6.07, 6.45) is 3.24. The van der Waals surface area contributed by atoms with Crippen LogP contribution in [0.2, 0.25) is 0 Å².